The lowest BCUT2D eigenvalue weighted by atomic mass is 9.94. The number of benzene rings is 1. The fraction of sp³-hybridized carbons (Fsp3) is 0.250. The van der Waals surface area contributed by atoms with E-state index in [4.69, 9.17) is 10.7 Å². The van der Waals surface area contributed by atoms with Gasteiger partial charge in [-0.1, -0.05) is 6.08 Å². The zero-order valence-electron chi connectivity index (χ0n) is 21.5. The van der Waals surface area contributed by atoms with Gasteiger partial charge in [0.25, 0.3) is 5.91 Å². The molecule has 5 rings (SSSR count). The molecule has 1 fully saturated rings. The van der Waals surface area contributed by atoms with Gasteiger partial charge in [-0.05, 0) is 62.4 Å². The van der Waals surface area contributed by atoms with Crippen LogP contribution in [0.4, 0.5) is 24.9 Å². The summed E-state index contributed by atoms with van der Waals surface area (Å²) in [6.45, 7) is 3.72. The van der Waals surface area contributed by atoms with Crippen LogP contribution in [0.25, 0.3) is 16.9 Å². The molecule has 0 radical (unpaired) electrons. The minimum atomic E-state index is -4.58. The first-order valence-electron chi connectivity index (χ1n) is 12.6. The van der Waals surface area contributed by atoms with Gasteiger partial charge in [-0.2, -0.15) is 18.4 Å². The van der Waals surface area contributed by atoms with Crippen LogP contribution in [0, 0.1) is 11.3 Å². The second-order valence-electron chi connectivity index (χ2n) is 9.41. The number of nitrogen functional groups attached to an aromatic ring is 1. The number of likely N-dealkylation sites (tertiary alicyclic amines) is 1. The van der Waals surface area contributed by atoms with Crippen LogP contribution in [0.5, 0.6) is 0 Å². The number of carbonyl (C=O) groups excluding carboxylic acids is 1. The number of amides is 1. The predicted molar refractivity (Wildman–Crippen MR) is 143 cm³/mol. The summed E-state index contributed by atoms with van der Waals surface area (Å²) in [6, 6.07) is 9.91. The molecule has 1 saturated heterocycles. The molecule has 1 amide bonds. The maximum Gasteiger partial charge on any atom is 0.416 e. The molecule has 204 valence electrons. The Hall–Kier alpha value is -4.92. The summed E-state index contributed by atoms with van der Waals surface area (Å²) in [7, 11) is 0. The van der Waals surface area contributed by atoms with Crippen LogP contribution >= 0.6 is 0 Å². The number of imidazole rings is 1. The molecule has 3 N–H and O–H groups in total. The molecular weight excluding hydrogens is 521 g/mol. The first kappa shape index (κ1) is 26.7. The second-order valence-corrected chi connectivity index (χ2v) is 9.41. The number of piperidine rings is 1. The molecular formula is C28H25F3N8O. The third kappa shape index (κ3) is 5.18. The summed E-state index contributed by atoms with van der Waals surface area (Å²) in [5.74, 6) is -0.220. The van der Waals surface area contributed by atoms with Gasteiger partial charge in [0.15, 0.2) is 0 Å². The van der Waals surface area contributed by atoms with Crippen LogP contribution in [-0.2, 0) is 6.18 Å². The van der Waals surface area contributed by atoms with Gasteiger partial charge in [0, 0.05) is 42.5 Å². The summed E-state index contributed by atoms with van der Waals surface area (Å²) in [5, 5.41) is 12.3. The van der Waals surface area contributed by atoms with Crippen molar-refractivity contribution in [3.63, 3.8) is 0 Å². The SMILES string of the molecule is CC=CN1CCCC(c2nc(-c3ccc(C(=O)Nc4cc(C(F)(F)F)ccn4)cc3C#N)n3c(N)nccc23)C1. The van der Waals surface area contributed by atoms with Gasteiger partial charge in [-0.25, -0.2) is 15.0 Å². The van der Waals surface area contributed by atoms with Gasteiger partial charge in [-0.15, -0.1) is 0 Å². The van der Waals surface area contributed by atoms with Crippen LogP contribution in [0.1, 0.15) is 52.9 Å². The molecule has 0 bridgehead atoms. The van der Waals surface area contributed by atoms with Crippen LogP contribution in [-0.4, -0.2) is 43.2 Å². The zero-order valence-corrected chi connectivity index (χ0v) is 21.5. The molecule has 1 unspecified atom stereocenters. The Labute approximate surface area is 227 Å². The molecule has 4 aromatic rings. The quantitative estimate of drug-likeness (QED) is 0.351. The number of nitrogens with one attached hydrogen (secondary N) is 1. The smallest absolute Gasteiger partial charge is 0.377 e. The number of hydrogen-bond acceptors (Lipinski definition) is 7. The second kappa shape index (κ2) is 10.7. The van der Waals surface area contributed by atoms with E-state index in [0.29, 0.717) is 11.4 Å². The number of fused-ring (bicyclic) bond motifs is 1. The molecule has 4 heterocycles. The summed E-state index contributed by atoms with van der Waals surface area (Å²) >= 11 is 0. The van der Waals surface area contributed by atoms with Crippen molar-refractivity contribution in [1.82, 2.24) is 24.3 Å². The van der Waals surface area contributed by atoms with Crippen molar-refractivity contribution in [2.75, 3.05) is 24.1 Å². The molecule has 12 heteroatoms. The predicted octanol–water partition coefficient (Wildman–Crippen LogP) is 5.23. The Kier molecular flexibility index (Phi) is 7.13. The number of aromatic nitrogens is 4. The third-order valence-electron chi connectivity index (χ3n) is 6.78. The van der Waals surface area contributed by atoms with Gasteiger partial charge >= 0.3 is 6.18 Å². The Bertz CT molecular complexity index is 1650. The van der Waals surface area contributed by atoms with Crippen molar-refractivity contribution in [2.24, 2.45) is 0 Å². The Balaban J connectivity index is 1.51. The van der Waals surface area contributed by atoms with Gasteiger partial charge in [0.1, 0.15) is 11.6 Å². The molecule has 1 aliphatic rings. The molecule has 0 spiro atoms. The van der Waals surface area contributed by atoms with E-state index in [1.54, 1.807) is 16.7 Å². The Morgan fingerprint density at radius 3 is 2.75 bits per heavy atom. The number of pyridine rings is 1. The highest BCUT2D eigenvalue weighted by Gasteiger charge is 2.31. The third-order valence-corrected chi connectivity index (χ3v) is 6.78. The standard InChI is InChI=1S/C28H25F3N8O/c1-2-11-38-12-3-4-18(16-38)24-22-8-10-35-27(33)39(22)25(37-24)21-6-5-17(13-19(21)15-32)26(40)36-23-14-20(7-9-34-23)28(29,30)31/h2,5-11,13-14,18H,3-4,12,16H2,1H3,(H2,33,35)(H,34,36,40). The number of nitrogens with two attached hydrogens (primary N) is 1. The highest BCUT2D eigenvalue weighted by molar-refractivity contribution is 6.04. The van der Waals surface area contributed by atoms with Gasteiger partial charge < -0.3 is 16.0 Å². The molecule has 0 aliphatic carbocycles. The van der Waals surface area contributed by atoms with Crippen LogP contribution < -0.4 is 11.1 Å². The largest absolute Gasteiger partial charge is 0.416 e. The lowest BCUT2D eigenvalue weighted by Gasteiger charge is -2.31. The number of carbonyl (C=O) groups is 1. The fourth-order valence-electron chi connectivity index (χ4n) is 4.98. The number of nitriles is 1. The minimum Gasteiger partial charge on any atom is -0.377 e. The average Bonchev–Trinajstić information content (AvgIpc) is 3.33. The average molecular weight is 547 g/mol. The summed E-state index contributed by atoms with van der Waals surface area (Å²) in [5.41, 5.74) is 7.62. The molecule has 1 atom stereocenters. The van der Waals surface area contributed by atoms with E-state index in [0.717, 1.165) is 55.5 Å². The van der Waals surface area contributed by atoms with E-state index < -0.39 is 17.6 Å². The highest BCUT2D eigenvalue weighted by Crippen LogP contribution is 2.35. The van der Waals surface area contributed by atoms with Crippen molar-refractivity contribution in [1.29, 1.82) is 5.26 Å². The maximum atomic E-state index is 13.0. The number of hydrogen-bond donors (Lipinski definition) is 2. The van der Waals surface area contributed by atoms with Crippen molar-refractivity contribution < 1.29 is 18.0 Å². The Morgan fingerprint density at radius 2 is 2.00 bits per heavy atom. The number of allylic oxidation sites excluding steroid dienone is 1. The van der Waals surface area contributed by atoms with Crippen molar-refractivity contribution in [3.05, 3.63) is 83.5 Å². The van der Waals surface area contributed by atoms with E-state index in [1.807, 2.05) is 19.1 Å². The zero-order chi connectivity index (χ0) is 28.4. The summed E-state index contributed by atoms with van der Waals surface area (Å²) in [6.07, 6.45) is 4.00. The van der Waals surface area contributed by atoms with Crippen molar-refractivity contribution >= 4 is 23.2 Å². The summed E-state index contributed by atoms with van der Waals surface area (Å²) in [4.78, 5) is 28.1. The fourth-order valence-corrected chi connectivity index (χ4v) is 4.98. The number of rotatable bonds is 5. The van der Waals surface area contributed by atoms with Gasteiger partial charge in [0.05, 0.1) is 28.4 Å². The van der Waals surface area contributed by atoms with Gasteiger partial charge in [-0.3, -0.25) is 9.20 Å². The Morgan fingerprint density at radius 1 is 1.20 bits per heavy atom. The van der Waals surface area contributed by atoms with Crippen molar-refractivity contribution in [2.45, 2.75) is 31.9 Å². The molecule has 9 nitrogen and oxygen atoms in total. The minimum absolute atomic E-state index is 0.0703. The lowest BCUT2D eigenvalue weighted by molar-refractivity contribution is -0.137. The molecule has 3 aromatic heterocycles. The molecule has 0 saturated carbocycles. The van der Waals surface area contributed by atoms with Crippen molar-refractivity contribution in [3.8, 4) is 17.5 Å². The number of halogens is 3. The van der Waals surface area contributed by atoms with E-state index in [-0.39, 0.29) is 28.8 Å². The normalized spacial score (nSPS) is 15.9. The number of nitrogens with zero attached hydrogens (tertiary/aromatic N) is 6. The molecule has 1 aromatic carbocycles. The van der Waals surface area contributed by atoms with Crippen LogP contribution in [0.15, 0.2) is 61.1 Å². The van der Waals surface area contributed by atoms with E-state index in [1.165, 1.54) is 12.1 Å². The van der Waals surface area contributed by atoms with E-state index in [2.05, 4.69) is 32.5 Å². The topological polar surface area (TPSA) is 125 Å². The van der Waals surface area contributed by atoms with Crippen LogP contribution in [0.3, 0.4) is 0 Å². The first-order chi connectivity index (χ1) is 19.2. The highest BCUT2D eigenvalue weighted by atomic mass is 19.4. The lowest BCUT2D eigenvalue weighted by Crippen LogP contribution is -2.30. The van der Waals surface area contributed by atoms with E-state index in [9.17, 15) is 23.2 Å². The molecule has 40 heavy (non-hydrogen) atoms. The first-order valence-corrected chi connectivity index (χ1v) is 12.6. The number of alkyl halides is 3. The molecule has 1 aliphatic heterocycles. The van der Waals surface area contributed by atoms with Crippen LogP contribution in [0.2, 0.25) is 0 Å². The van der Waals surface area contributed by atoms with Gasteiger partial charge in [0.2, 0.25) is 5.95 Å². The number of anilines is 2. The summed E-state index contributed by atoms with van der Waals surface area (Å²) < 4.78 is 40.8. The van der Waals surface area contributed by atoms with E-state index >= 15 is 0 Å². The maximum absolute atomic E-state index is 13.0. The monoisotopic (exact) mass is 546 g/mol.